The van der Waals surface area contributed by atoms with Crippen LogP contribution in [0.3, 0.4) is 0 Å². The van der Waals surface area contributed by atoms with Gasteiger partial charge in [-0.2, -0.15) is 4.72 Å². The Morgan fingerprint density at radius 1 is 1.00 bits per heavy atom. The summed E-state index contributed by atoms with van der Waals surface area (Å²) in [6, 6.07) is 8.11. The molecule has 0 unspecified atom stereocenters. The van der Waals surface area contributed by atoms with Crippen molar-refractivity contribution in [1.29, 1.82) is 0 Å². The summed E-state index contributed by atoms with van der Waals surface area (Å²) in [7, 11) is -4.31. The molecule has 3 N–H and O–H groups in total. The Bertz CT molecular complexity index is 1090. The molecule has 2 aromatic carbocycles. The topological polar surface area (TPSA) is 123 Å². The predicted octanol–water partition coefficient (Wildman–Crippen LogP) is 1.36. The Kier molecular flexibility index (Phi) is 6.76. The number of benzene rings is 2. The SMILES string of the molecule is CC(C)[C@H](NS(=O)(=O)c1ccccc1F)C(=O)NNC(=O)c1ccc2c(c1)OCCO2. The molecule has 2 aromatic rings. The molecule has 0 bridgehead atoms. The second-order valence-corrected chi connectivity index (χ2v) is 8.76. The minimum Gasteiger partial charge on any atom is -0.486 e. The number of hydrazine groups is 1. The van der Waals surface area contributed by atoms with E-state index in [0.717, 1.165) is 12.1 Å². The smallest absolute Gasteiger partial charge is 0.269 e. The van der Waals surface area contributed by atoms with Crippen LogP contribution in [0.15, 0.2) is 47.4 Å². The van der Waals surface area contributed by atoms with Crippen molar-refractivity contribution in [2.24, 2.45) is 5.92 Å². The molecular weight excluding hydrogens is 429 g/mol. The van der Waals surface area contributed by atoms with E-state index in [-0.39, 0.29) is 5.56 Å². The zero-order valence-corrected chi connectivity index (χ0v) is 17.7. The Balaban J connectivity index is 1.67. The number of nitrogens with one attached hydrogen (secondary N) is 3. The van der Waals surface area contributed by atoms with Gasteiger partial charge in [-0.1, -0.05) is 26.0 Å². The summed E-state index contributed by atoms with van der Waals surface area (Å²) in [6.45, 7) is 3.98. The molecule has 11 heteroatoms. The van der Waals surface area contributed by atoms with E-state index < -0.39 is 44.5 Å². The van der Waals surface area contributed by atoms with Crippen LogP contribution in [-0.2, 0) is 14.8 Å². The first kappa shape index (κ1) is 22.5. The molecule has 0 fully saturated rings. The molecule has 1 aliphatic heterocycles. The molecule has 31 heavy (non-hydrogen) atoms. The standard InChI is InChI=1S/C20H22FN3O6S/c1-12(2)18(24-31(27,28)17-6-4-3-5-14(17)21)20(26)23-22-19(25)13-7-8-15-16(11-13)30-10-9-29-15/h3-8,11-12,18,24H,9-10H2,1-2H3,(H,22,25)(H,23,26)/t18-/m0/s1. The van der Waals surface area contributed by atoms with Crippen molar-refractivity contribution in [1.82, 2.24) is 15.6 Å². The number of hydrogen-bond donors (Lipinski definition) is 3. The highest BCUT2D eigenvalue weighted by Crippen LogP contribution is 2.30. The number of hydrogen-bond acceptors (Lipinski definition) is 6. The predicted molar refractivity (Wildman–Crippen MR) is 108 cm³/mol. The number of amides is 2. The van der Waals surface area contributed by atoms with E-state index in [2.05, 4.69) is 15.6 Å². The van der Waals surface area contributed by atoms with Gasteiger partial charge in [-0.25, -0.2) is 12.8 Å². The highest BCUT2D eigenvalue weighted by molar-refractivity contribution is 7.89. The van der Waals surface area contributed by atoms with Gasteiger partial charge in [0.15, 0.2) is 11.5 Å². The number of sulfonamides is 1. The number of fused-ring (bicyclic) bond motifs is 1. The number of carbonyl (C=O) groups is 2. The summed E-state index contributed by atoms with van der Waals surface area (Å²) in [5, 5.41) is 0. The first-order chi connectivity index (χ1) is 14.7. The van der Waals surface area contributed by atoms with Crippen LogP contribution in [-0.4, -0.2) is 39.5 Å². The van der Waals surface area contributed by atoms with Gasteiger partial charge in [0, 0.05) is 5.56 Å². The fourth-order valence-corrected chi connectivity index (χ4v) is 4.26. The number of carbonyl (C=O) groups excluding carboxylic acids is 2. The zero-order chi connectivity index (χ0) is 22.6. The van der Waals surface area contributed by atoms with Crippen LogP contribution in [0.5, 0.6) is 11.5 Å². The lowest BCUT2D eigenvalue weighted by molar-refractivity contribution is -0.124. The maximum Gasteiger partial charge on any atom is 0.269 e. The Morgan fingerprint density at radius 2 is 1.68 bits per heavy atom. The lowest BCUT2D eigenvalue weighted by Crippen LogP contribution is -2.54. The van der Waals surface area contributed by atoms with Crippen molar-refractivity contribution in [3.05, 3.63) is 53.8 Å². The van der Waals surface area contributed by atoms with Crippen LogP contribution in [0.1, 0.15) is 24.2 Å². The maximum absolute atomic E-state index is 13.9. The van der Waals surface area contributed by atoms with Gasteiger partial charge in [0.1, 0.15) is 30.0 Å². The van der Waals surface area contributed by atoms with E-state index in [9.17, 15) is 22.4 Å². The molecule has 0 radical (unpaired) electrons. The fraction of sp³-hybridized carbons (Fsp3) is 0.300. The molecule has 1 aliphatic rings. The monoisotopic (exact) mass is 451 g/mol. The van der Waals surface area contributed by atoms with Gasteiger partial charge < -0.3 is 9.47 Å². The lowest BCUT2D eigenvalue weighted by Gasteiger charge is -2.22. The van der Waals surface area contributed by atoms with Crippen LogP contribution >= 0.6 is 0 Å². The van der Waals surface area contributed by atoms with E-state index in [4.69, 9.17) is 9.47 Å². The first-order valence-electron chi connectivity index (χ1n) is 9.46. The van der Waals surface area contributed by atoms with Gasteiger partial charge in [-0.3, -0.25) is 20.4 Å². The Labute approximate surface area is 178 Å². The molecule has 0 spiro atoms. The average molecular weight is 451 g/mol. The summed E-state index contributed by atoms with van der Waals surface area (Å²) >= 11 is 0. The molecule has 0 aliphatic carbocycles. The quantitative estimate of drug-likeness (QED) is 0.570. The van der Waals surface area contributed by atoms with Gasteiger partial charge in [0.2, 0.25) is 10.0 Å². The molecule has 0 aromatic heterocycles. The highest BCUT2D eigenvalue weighted by atomic mass is 32.2. The maximum atomic E-state index is 13.9. The van der Waals surface area contributed by atoms with Gasteiger partial charge in [-0.05, 0) is 36.2 Å². The second-order valence-electron chi connectivity index (χ2n) is 7.08. The van der Waals surface area contributed by atoms with Crippen molar-refractivity contribution < 1.29 is 31.9 Å². The largest absolute Gasteiger partial charge is 0.486 e. The molecular formula is C20H22FN3O6S. The van der Waals surface area contributed by atoms with Crippen LogP contribution in [0.2, 0.25) is 0 Å². The molecule has 0 saturated carbocycles. The van der Waals surface area contributed by atoms with Crippen LogP contribution in [0.25, 0.3) is 0 Å². The van der Waals surface area contributed by atoms with E-state index in [1.165, 1.54) is 24.3 Å². The molecule has 3 rings (SSSR count). The van der Waals surface area contributed by atoms with E-state index in [1.54, 1.807) is 19.9 Å². The zero-order valence-electron chi connectivity index (χ0n) is 16.8. The Hall–Kier alpha value is -3.18. The molecule has 1 heterocycles. The van der Waals surface area contributed by atoms with Crippen molar-refractivity contribution in [3.8, 4) is 11.5 Å². The van der Waals surface area contributed by atoms with Gasteiger partial charge >= 0.3 is 0 Å². The summed E-state index contributed by atoms with van der Waals surface area (Å²) in [6.07, 6.45) is 0. The van der Waals surface area contributed by atoms with Crippen molar-refractivity contribution in [2.75, 3.05) is 13.2 Å². The van der Waals surface area contributed by atoms with E-state index in [0.29, 0.717) is 24.7 Å². The summed E-state index contributed by atoms with van der Waals surface area (Å²) in [4.78, 5) is 24.3. The van der Waals surface area contributed by atoms with Gasteiger partial charge in [-0.15, -0.1) is 0 Å². The third-order valence-electron chi connectivity index (χ3n) is 4.46. The molecule has 166 valence electrons. The van der Waals surface area contributed by atoms with Gasteiger partial charge in [0.25, 0.3) is 11.8 Å². The summed E-state index contributed by atoms with van der Waals surface area (Å²) in [5.41, 5.74) is 4.64. The molecule has 0 saturated heterocycles. The number of ether oxygens (including phenoxy) is 2. The third-order valence-corrected chi connectivity index (χ3v) is 5.94. The lowest BCUT2D eigenvalue weighted by atomic mass is 10.1. The number of rotatable bonds is 6. The van der Waals surface area contributed by atoms with Crippen LogP contribution < -0.4 is 25.0 Å². The summed E-state index contributed by atoms with van der Waals surface area (Å²) < 4.78 is 51.9. The molecule has 1 atom stereocenters. The van der Waals surface area contributed by atoms with Crippen LogP contribution in [0.4, 0.5) is 4.39 Å². The van der Waals surface area contributed by atoms with Crippen molar-refractivity contribution in [2.45, 2.75) is 24.8 Å². The first-order valence-corrected chi connectivity index (χ1v) is 10.9. The van der Waals surface area contributed by atoms with Gasteiger partial charge in [0.05, 0.1) is 0 Å². The number of halogens is 1. The van der Waals surface area contributed by atoms with Crippen LogP contribution in [0, 0.1) is 11.7 Å². The fourth-order valence-electron chi connectivity index (χ4n) is 2.84. The van der Waals surface area contributed by atoms with E-state index in [1.807, 2.05) is 0 Å². The second kappa shape index (κ2) is 9.31. The average Bonchev–Trinajstić information content (AvgIpc) is 2.75. The molecule has 9 nitrogen and oxygen atoms in total. The normalized spacial score (nSPS) is 14.1. The third kappa shape index (κ3) is 5.30. The minimum atomic E-state index is -4.31. The minimum absolute atomic E-state index is 0.206. The van der Waals surface area contributed by atoms with E-state index >= 15 is 0 Å². The summed E-state index contributed by atoms with van der Waals surface area (Å²) in [5.74, 6) is -1.96. The molecule has 2 amide bonds. The highest BCUT2D eigenvalue weighted by Gasteiger charge is 2.30. The van der Waals surface area contributed by atoms with Crippen molar-refractivity contribution >= 4 is 21.8 Å². The Morgan fingerprint density at radius 3 is 2.35 bits per heavy atom. The van der Waals surface area contributed by atoms with Crippen molar-refractivity contribution in [3.63, 3.8) is 0 Å².